The second kappa shape index (κ2) is 19.8. The Morgan fingerprint density at radius 1 is 0.848 bits per heavy atom. The quantitative estimate of drug-likeness (QED) is 0.0785. The summed E-state index contributed by atoms with van der Waals surface area (Å²) < 4.78 is 21.7. The van der Waals surface area contributed by atoms with Gasteiger partial charge >= 0.3 is 7.82 Å². The molecule has 0 radical (unpaired) electrons. The normalized spacial score (nSPS) is 13.3. The number of phosphoric acid groups is 1. The zero-order valence-corrected chi connectivity index (χ0v) is 22.6. The molecule has 0 rings (SSSR count). The number of carbonyl (C=O) groups excluding carboxylic acids is 1. The van der Waals surface area contributed by atoms with Gasteiger partial charge < -0.3 is 24.3 Å². The zero-order valence-electron chi connectivity index (χ0n) is 21.7. The molecule has 0 aromatic heterocycles. The smallest absolute Gasteiger partial charge is 0.356 e. The summed E-state index contributed by atoms with van der Waals surface area (Å²) in [5.41, 5.74) is 0. The van der Waals surface area contributed by atoms with Crippen molar-refractivity contribution < 1.29 is 32.9 Å². The predicted molar refractivity (Wildman–Crippen MR) is 134 cm³/mol. The van der Waals surface area contributed by atoms with Crippen LogP contribution in [0.5, 0.6) is 0 Å². The predicted octanol–water partition coefficient (Wildman–Crippen LogP) is 5.13. The second-order valence-corrected chi connectivity index (χ2v) is 11.3. The van der Waals surface area contributed by atoms with E-state index in [9.17, 15) is 9.36 Å². The Morgan fingerprint density at radius 2 is 1.33 bits per heavy atom. The summed E-state index contributed by atoms with van der Waals surface area (Å²) in [6.45, 7) is 3.29. The van der Waals surface area contributed by atoms with E-state index in [2.05, 4.69) is 12.2 Å². The maximum Gasteiger partial charge on any atom is 0.472 e. The van der Waals surface area contributed by atoms with E-state index in [0.29, 0.717) is 30.4 Å². The van der Waals surface area contributed by atoms with Crippen LogP contribution < -0.4 is 5.32 Å². The Bertz CT molecular complexity index is 522. The van der Waals surface area contributed by atoms with E-state index < -0.39 is 14.1 Å². The van der Waals surface area contributed by atoms with E-state index in [0.717, 1.165) is 12.8 Å². The van der Waals surface area contributed by atoms with Gasteiger partial charge in [-0.05, 0) is 12.8 Å². The first kappa shape index (κ1) is 32.5. The summed E-state index contributed by atoms with van der Waals surface area (Å²) in [6.07, 6.45) is 16.8. The third-order valence-corrected chi connectivity index (χ3v) is 5.92. The summed E-state index contributed by atoms with van der Waals surface area (Å²) in [7, 11) is 1.04. The first-order valence-corrected chi connectivity index (χ1v) is 14.5. The SMILES string of the molecule is CCCCCCCCCCCCCCCC(=O)NCCCOC(C[N+](C)(C)C)OP(=O)(O)O. The van der Waals surface area contributed by atoms with E-state index >= 15 is 0 Å². The summed E-state index contributed by atoms with van der Waals surface area (Å²) in [5, 5.41) is 2.88. The average Bonchev–Trinajstić information content (AvgIpc) is 2.68. The van der Waals surface area contributed by atoms with Gasteiger partial charge in [0.25, 0.3) is 0 Å². The number of unbranched alkanes of at least 4 members (excludes halogenated alkanes) is 12. The molecule has 1 unspecified atom stereocenters. The van der Waals surface area contributed by atoms with E-state index in [4.69, 9.17) is 19.0 Å². The molecule has 0 saturated heterocycles. The monoisotopic (exact) mass is 495 g/mol. The molecule has 0 aliphatic carbocycles. The fraction of sp³-hybridized carbons (Fsp3) is 0.958. The van der Waals surface area contributed by atoms with Crippen molar-refractivity contribution in [1.29, 1.82) is 0 Å². The molecule has 0 aromatic carbocycles. The molecule has 3 N–H and O–H groups in total. The van der Waals surface area contributed by atoms with Crippen molar-refractivity contribution in [2.45, 2.75) is 110 Å². The van der Waals surface area contributed by atoms with E-state index in [1.165, 1.54) is 70.6 Å². The van der Waals surface area contributed by atoms with Crippen LogP contribution in [0.1, 0.15) is 103 Å². The molecular weight excluding hydrogens is 443 g/mol. The Balaban J connectivity index is 3.60. The lowest BCUT2D eigenvalue weighted by Crippen LogP contribution is -2.43. The lowest BCUT2D eigenvalue weighted by molar-refractivity contribution is -0.876. The number of rotatable bonds is 23. The van der Waals surface area contributed by atoms with Crippen LogP contribution in [-0.4, -0.2) is 67.3 Å². The van der Waals surface area contributed by atoms with Crippen molar-refractivity contribution in [3.05, 3.63) is 0 Å². The van der Waals surface area contributed by atoms with Crippen LogP contribution in [0, 0.1) is 0 Å². The highest BCUT2D eigenvalue weighted by molar-refractivity contribution is 7.46. The van der Waals surface area contributed by atoms with Gasteiger partial charge in [-0.3, -0.25) is 9.32 Å². The van der Waals surface area contributed by atoms with Crippen LogP contribution in [0.3, 0.4) is 0 Å². The number of carbonyl (C=O) groups is 1. The summed E-state index contributed by atoms with van der Waals surface area (Å²) in [4.78, 5) is 30.0. The fourth-order valence-electron chi connectivity index (χ4n) is 3.62. The van der Waals surface area contributed by atoms with Gasteiger partial charge in [-0.2, -0.15) is 0 Å². The van der Waals surface area contributed by atoms with Crippen molar-refractivity contribution in [3.8, 4) is 0 Å². The second-order valence-electron chi connectivity index (χ2n) is 10.1. The highest BCUT2D eigenvalue weighted by Crippen LogP contribution is 2.38. The molecule has 1 atom stereocenters. The Kier molecular flexibility index (Phi) is 19.5. The van der Waals surface area contributed by atoms with Gasteiger partial charge in [0.1, 0.15) is 6.54 Å². The van der Waals surface area contributed by atoms with Gasteiger partial charge in [0.05, 0.1) is 27.7 Å². The molecule has 0 aliphatic heterocycles. The number of quaternary nitrogens is 1. The lowest BCUT2D eigenvalue weighted by atomic mass is 10.0. The number of ether oxygens (including phenoxy) is 1. The van der Waals surface area contributed by atoms with Gasteiger partial charge in [0.2, 0.25) is 12.2 Å². The Labute approximate surface area is 202 Å². The Morgan fingerprint density at radius 3 is 1.79 bits per heavy atom. The number of phosphoric ester groups is 1. The first-order valence-electron chi connectivity index (χ1n) is 13.0. The zero-order chi connectivity index (χ0) is 25.0. The van der Waals surface area contributed by atoms with Gasteiger partial charge in [-0.15, -0.1) is 0 Å². The van der Waals surface area contributed by atoms with E-state index in [1.807, 2.05) is 21.1 Å². The van der Waals surface area contributed by atoms with E-state index in [-0.39, 0.29) is 12.5 Å². The maximum atomic E-state index is 11.9. The minimum Gasteiger partial charge on any atom is -0.356 e. The van der Waals surface area contributed by atoms with Crippen molar-refractivity contribution >= 4 is 13.7 Å². The maximum absolute atomic E-state index is 11.9. The highest BCUT2D eigenvalue weighted by Gasteiger charge is 2.27. The molecule has 0 heterocycles. The summed E-state index contributed by atoms with van der Waals surface area (Å²) in [5.74, 6) is 0.0486. The largest absolute Gasteiger partial charge is 0.472 e. The number of amides is 1. The molecule has 1 amide bonds. The number of likely N-dealkylation sites (N-methyl/N-ethyl adjacent to an activating group) is 1. The standard InChI is InChI=1S/C24H51N2O6P/c1-5-6-7-8-9-10-11-12-13-14-15-16-17-19-23(27)25-20-18-21-31-24(22-26(2,3)4)32-33(28,29)30/h24H,5-22H2,1-4H3,(H2-,25,27,28,29,30)/p+1. The van der Waals surface area contributed by atoms with Crippen LogP contribution >= 0.6 is 7.82 Å². The minimum absolute atomic E-state index is 0.0486. The fourth-order valence-corrected chi connectivity index (χ4v) is 4.06. The molecule has 0 spiro atoms. The molecular formula is C24H52N2O6P+. The van der Waals surface area contributed by atoms with E-state index in [1.54, 1.807) is 0 Å². The third-order valence-electron chi connectivity index (χ3n) is 5.41. The molecule has 0 fully saturated rings. The van der Waals surface area contributed by atoms with Crippen LogP contribution in [0.15, 0.2) is 0 Å². The number of nitrogens with one attached hydrogen (secondary N) is 1. The topological polar surface area (TPSA) is 105 Å². The third kappa shape index (κ3) is 26.0. The van der Waals surface area contributed by atoms with Crippen molar-refractivity contribution in [1.82, 2.24) is 5.32 Å². The van der Waals surface area contributed by atoms with Gasteiger partial charge in [0.15, 0.2) is 0 Å². The minimum atomic E-state index is -4.62. The van der Waals surface area contributed by atoms with Crippen LogP contribution in [0.25, 0.3) is 0 Å². The number of nitrogens with zero attached hydrogens (tertiary/aromatic N) is 1. The molecule has 0 aliphatic rings. The van der Waals surface area contributed by atoms with Crippen molar-refractivity contribution in [2.75, 3.05) is 40.8 Å². The van der Waals surface area contributed by atoms with Crippen LogP contribution in [0.4, 0.5) is 0 Å². The molecule has 0 saturated carbocycles. The average molecular weight is 496 g/mol. The van der Waals surface area contributed by atoms with Gasteiger partial charge in [-0.1, -0.05) is 84.0 Å². The van der Waals surface area contributed by atoms with Crippen LogP contribution in [-0.2, 0) is 18.6 Å². The van der Waals surface area contributed by atoms with Gasteiger partial charge in [-0.25, -0.2) is 4.57 Å². The lowest BCUT2D eigenvalue weighted by Gasteiger charge is -2.29. The van der Waals surface area contributed by atoms with Crippen LogP contribution in [0.2, 0.25) is 0 Å². The molecule has 9 heteroatoms. The molecule has 198 valence electrons. The molecule has 0 aromatic rings. The van der Waals surface area contributed by atoms with Crippen molar-refractivity contribution in [2.24, 2.45) is 0 Å². The first-order chi connectivity index (χ1) is 15.5. The number of hydrogen-bond donors (Lipinski definition) is 3. The highest BCUT2D eigenvalue weighted by atomic mass is 31.2. The molecule has 0 bridgehead atoms. The van der Waals surface area contributed by atoms with Gasteiger partial charge in [0, 0.05) is 13.0 Å². The number of hydrogen-bond acceptors (Lipinski definition) is 4. The van der Waals surface area contributed by atoms with Crippen molar-refractivity contribution in [3.63, 3.8) is 0 Å². The molecule has 8 nitrogen and oxygen atoms in total. The Hall–Kier alpha value is -0.500. The summed E-state index contributed by atoms with van der Waals surface area (Å²) in [6, 6.07) is 0. The molecule has 33 heavy (non-hydrogen) atoms. The summed E-state index contributed by atoms with van der Waals surface area (Å²) >= 11 is 0.